The van der Waals surface area contributed by atoms with E-state index in [4.69, 9.17) is 0 Å². The number of aromatic nitrogens is 4. The van der Waals surface area contributed by atoms with Crippen LogP contribution < -0.4 is 5.32 Å². The Kier molecular flexibility index (Phi) is 3.05. The molecule has 1 N–H and O–H groups in total. The zero-order chi connectivity index (χ0) is 13.4. The molecular weight excluding hydrogens is 250 g/mol. The summed E-state index contributed by atoms with van der Waals surface area (Å²) in [4.78, 5) is 4.49. The van der Waals surface area contributed by atoms with Crippen molar-refractivity contribution in [2.75, 3.05) is 5.32 Å². The van der Waals surface area contributed by atoms with Gasteiger partial charge in [-0.25, -0.2) is 4.98 Å². The number of fused-ring (bicyclic) bond motifs is 1. The van der Waals surface area contributed by atoms with Gasteiger partial charge in [0.05, 0.1) is 0 Å². The van der Waals surface area contributed by atoms with Crippen LogP contribution in [-0.4, -0.2) is 25.6 Å². The van der Waals surface area contributed by atoms with Gasteiger partial charge in [0.15, 0.2) is 5.82 Å². The van der Waals surface area contributed by atoms with Crippen molar-refractivity contribution in [3.63, 3.8) is 0 Å². The Morgan fingerprint density at radius 3 is 2.55 bits per heavy atom. The average molecular weight is 271 g/mol. The lowest BCUT2D eigenvalue weighted by Crippen LogP contribution is -2.19. The van der Waals surface area contributed by atoms with E-state index in [0.29, 0.717) is 12.0 Å². The minimum absolute atomic E-state index is 0.539. The molecule has 2 fully saturated rings. The van der Waals surface area contributed by atoms with Crippen LogP contribution in [-0.2, 0) is 0 Å². The second kappa shape index (κ2) is 5.04. The van der Waals surface area contributed by atoms with Crippen molar-refractivity contribution >= 4 is 11.5 Å². The SMILES string of the molecule is c1cn2c(C3CC3)nnc2c(NC2CCCCCC2)n1. The maximum absolute atomic E-state index is 4.49. The molecule has 2 aromatic rings. The Bertz CT molecular complexity index is 593. The Labute approximate surface area is 118 Å². The molecule has 0 aliphatic heterocycles. The molecule has 2 heterocycles. The van der Waals surface area contributed by atoms with Gasteiger partial charge in [-0.2, -0.15) is 0 Å². The highest BCUT2D eigenvalue weighted by Crippen LogP contribution is 2.39. The van der Waals surface area contributed by atoms with Crippen LogP contribution in [0.25, 0.3) is 5.65 Å². The van der Waals surface area contributed by atoms with E-state index in [0.717, 1.165) is 17.3 Å². The first kappa shape index (κ1) is 12.1. The summed E-state index contributed by atoms with van der Waals surface area (Å²) in [6.07, 6.45) is 14.2. The van der Waals surface area contributed by atoms with Crippen molar-refractivity contribution < 1.29 is 0 Å². The molecular formula is C15H21N5. The van der Waals surface area contributed by atoms with Gasteiger partial charge in [-0.1, -0.05) is 25.7 Å². The van der Waals surface area contributed by atoms with Crippen LogP contribution in [0.5, 0.6) is 0 Å². The van der Waals surface area contributed by atoms with E-state index < -0.39 is 0 Å². The Morgan fingerprint density at radius 2 is 1.80 bits per heavy atom. The van der Waals surface area contributed by atoms with Gasteiger partial charge in [-0.05, 0) is 25.7 Å². The van der Waals surface area contributed by atoms with Crippen molar-refractivity contribution in [2.24, 2.45) is 0 Å². The van der Waals surface area contributed by atoms with Gasteiger partial charge in [0.1, 0.15) is 5.82 Å². The molecule has 106 valence electrons. The lowest BCUT2D eigenvalue weighted by molar-refractivity contribution is 0.618. The standard InChI is InChI=1S/C15H21N5/c1-2-4-6-12(5-3-1)17-13-15-19-18-14(11-7-8-11)20(15)10-9-16-13/h9-12H,1-8H2,(H,16,17). The van der Waals surface area contributed by atoms with E-state index >= 15 is 0 Å². The first-order chi connectivity index (χ1) is 9.92. The second-order valence-electron chi connectivity index (χ2n) is 6.13. The maximum Gasteiger partial charge on any atom is 0.203 e. The summed E-state index contributed by atoms with van der Waals surface area (Å²) in [5.41, 5.74) is 0.888. The first-order valence-corrected chi connectivity index (χ1v) is 7.88. The molecule has 0 unspecified atom stereocenters. The molecule has 2 saturated carbocycles. The number of hydrogen-bond acceptors (Lipinski definition) is 4. The predicted molar refractivity (Wildman–Crippen MR) is 77.9 cm³/mol. The van der Waals surface area contributed by atoms with Crippen LogP contribution in [0.3, 0.4) is 0 Å². The number of nitrogens with zero attached hydrogens (tertiary/aromatic N) is 4. The molecule has 0 aromatic carbocycles. The first-order valence-electron chi connectivity index (χ1n) is 7.88. The molecule has 2 aliphatic carbocycles. The van der Waals surface area contributed by atoms with Gasteiger partial charge in [-0.15, -0.1) is 10.2 Å². The Balaban J connectivity index is 1.62. The van der Waals surface area contributed by atoms with E-state index in [-0.39, 0.29) is 0 Å². The molecule has 20 heavy (non-hydrogen) atoms. The lowest BCUT2D eigenvalue weighted by atomic mass is 10.1. The minimum Gasteiger partial charge on any atom is -0.364 e. The summed E-state index contributed by atoms with van der Waals surface area (Å²) >= 11 is 0. The topological polar surface area (TPSA) is 55.1 Å². The smallest absolute Gasteiger partial charge is 0.203 e. The summed E-state index contributed by atoms with van der Waals surface area (Å²) in [6.45, 7) is 0. The third-order valence-corrected chi connectivity index (χ3v) is 4.49. The van der Waals surface area contributed by atoms with Gasteiger partial charge in [-0.3, -0.25) is 4.40 Å². The van der Waals surface area contributed by atoms with Gasteiger partial charge < -0.3 is 5.32 Å². The summed E-state index contributed by atoms with van der Waals surface area (Å²) < 4.78 is 2.11. The van der Waals surface area contributed by atoms with Gasteiger partial charge in [0.25, 0.3) is 0 Å². The number of rotatable bonds is 3. The molecule has 5 nitrogen and oxygen atoms in total. The monoisotopic (exact) mass is 271 g/mol. The van der Waals surface area contributed by atoms with E-state index in [9.17, 15) is 0 Å². The van der Waals surface area contributed by atoms with Crippen molar-refractivity contribution in [3.8, 4) is 0 Å². The fourth-order valence-corrected chi connectivity index (χ4v) is 3.18. The zero-order valence-electron chi connectivity index (χ0n) is 11.8. The highest BCUT2D eigenvalue weighted by molar-refractivity contribution is 5.62. The minimum atomic E-state index is 0.539. The summed E-state index contributed by atoms with van der Waals surface area (Å²) in [5.74, 6) is 2.61. The van der Waals surface area contributed by atoms with E-state index in [1.807, 2.05) is 12.4 Å². The van der Waals surface area contributed by atoms with E-state index in [1.54, 1.807) is 0 Å². The lowest BCUT2D eigenvalue weighted by Gasteiger charge is -2.16. The van der Waals surface area contributed by atoms with Gasteiger partial charge >= 0.3 is 0 Å². The molecule has 0 bridgehead atoms. The molecule has 2 aromatic heterocycles. The van der Waals surface area contributed by atoms with Gasteiger partial charge in [0, 0.05) is 24.4 Å². The normalized spacial score (nSPS) is 21.0. The zero-order valence-corrected chi connectivity index (χ0v) is 11.8. The molecule has 0 amide bonds. The third-order valence-electron chi connectivity index (χ3n) is 4.49. The van der Waals surface area contributed by atoms with Crippen LogP contribution in [0.15, 0.2) is 12.4 Å². The third kappa shape index (κ3) is 2.25. The second-order valence-corrected chi connectivity index (χ2v) is 6.13. The van der Waals surface area contributed by atoms with Crippen LogP contribution in [0.2, 0.25) is 0 Å². The highest BCUT2D eigenvalue weighted by atomic mass is 15.3. The van der Waals surface area contributed by atoms with Crippen LogP contribution in [0.4, 0.5) is 5.82 Å². The van der Waals surface area contributed by atoms with Crippen molar-refractivity contribution in [1.82, 2.24) is 19.6 Å². The van der Waals surface area contributed by atoms with Crippen molar-refractivity contribution in [3.05, 3.63) is 18.2 Å². The molecule has 0 spiro atoms. The van der Waals surface area contributed by atoms with Crippen LogP contribution in [0, 0.1) is 0 Å². The fourth-order valence-electron chi connectivity index (χ4n) is 3.18. The Hall–Kier alpha value is -1.65. The fraction of sp³-hybridized carbons (Fsp3) is 0.667. The summed E-state index contributed by atoms with van der Waals surface area (Å²) in [7, 11) is 0. The van der Waals surface area contributed by atoms with Crippen LogP contribution >= 0.6 is 0 Å². The van der Waals surface area contributed by atoms with E-state index in [2.05, 4.69) is 24.9 Å². The van der Waals surface area contributed by atoms with Crippen molar-refractivity contribution in [1.29, 1.82) is 0 Å². The molecule has 5 heteroatoms. The number of hydrogen-bond donors (Lipinski definition) is 1. The highest BCUT2D eigenvalue weighted by Gasteiger charge is 2.29. The van der Waals surface area contributed by atoms with Gasteiger partial charge in [0.2, 0.25) is 5.65 Å². The number of nitrogens with one attached hydrogen (secondary N) is 1. The van der Waals surface area contributed by atoms with Crippen molar-refractivity contribution in [2.45, 2.75) is 63.3 Å². The quantitative estimate of drug-likeness (QED) is 0.871. The molecule has 0 saturated heterocycles. The largest absolute Gasteiger partial charge is 0.364 e. The molecule has 0 radical (unpaired) electrons. The molecule has 2 aliphatic rings. The molecule has 4 rings (SSSR count). The molecule has 0 atom stereocenters. The van der Waals surface area contributed by atoms with Crippen LogP contribution in [0.1, 0.15) is 63.1 Å². The Morgan fingerprint density at radius 1 is 1.00 bits per heavy atom. The predicted octanol–water partition coefficient (Wildman–Crippen LogP) is 3.14. The average Bonchev–Trinajstić information content (AvgIpc) is 3.25. The summed E-state index contributed by atoms with van der Waals surface area (Å²) in [5, 5.41) is 12.3. The number of anilines is 1. The van der Waals surface area contributed by atoms with E-state index in [1.165, 1.54) is 51.4 Å². The summed E-state index contributed by atoms with van der Waals surface area (Å²) in [6, 6.07) is 0.539. The maximum atomic E-state index is 4.49.